The molecule has 0 aliphatic rings. The van der Waals surface area contributed by atoms with Crippen molar-refractivity contribution in [3.8, 4) is 0 Å². The first-order valence-electron chi connectivity index (χ1n) is 3.27. The quantitative estimate of drug-likeness (QED) is 0.252. The van der Waals surface area contributed by atoms with Crippen molar-refractivity contribution in [1.29, 1.82) is 0 Å². The van der Waals surface area contributed by atoms with E-state index in [2.05, 4.69) is 16.7 Å². The van der Waals surface area contributed by atoms with Gasteiger partial charge in [-0.1, -0.05) is 11.2 Å². The van der Waals surface area contributed by atoms with E-state index in [-0.39, 0.29) is 6.10 Å². The SMILES string of the molecule is C=C[C@@H](COC)OON=CC. The van der Waals surface area contributed by atoms with E-state index in [0.29, 0.717) is 6.61 Å². The van der Waals surface area contributed by atoms with E-state index in [0.717, 1.165) is 0 Å². The van der Waals surface area contributed by atoms with Crippen molar-refractivity contribution >= 4 is 6.21 Å². The number of ether oxygens (including phenoxy) is 1. The van der Waals surface area contributed by atoms with Gasteiger partial charge in [-0.25, -0.2) is 4.99 Å². The second-order valence-electron chi connectivity index (χ2n) is 1.76. The van der Waals surface area contributed by atoms with E-state index in [4.69, 9.17) is 9.62 Å². The van der Waals surface area contributed by atoms with Crippen LogP contribution in [0, 0.1) is 0 Å². The highest BCUT2D eigenvalue weighted by Crippen LogP contribution is 1.94. The van der Waals surface area contributed by atoms with Gasteiger partial charge in [-0.05, 0) is 6.92 Å². The first-order chi connectivity index (χ1) is 5.35. The van der Waals surface area contributed by atoms with Gasteiger partial charge in [0.25, 0.3) is 0 Å². The Morgan fingerprint density at radius 2 is 2.36 bits per heavy atom. The first kappa shape index (κ1) is 10.1. The average molecular weight is 159 g/mol. The third kappa shape index (κ3) is 5.57. The van der Waals surface area contributed by atoms with E-state index >= 15 is 0 Å². The van der Waals surface area contributed by atoms with E-state index in [9.17, 15) is 0 Å². The molecular weight excluding hydrogens is 146 g/mol. The van der Waals surface area contributed by atoms with Gasteiger partial charge in [-0.2, -0.15) is 4.89 Å². The highest BCUT2D eigenvalue weighted by Gasteiger charge is 2.03. The second kappa shape index (κ2) is 7.24. The highest BCUT2D eigenvalue weighted by molar-refractivity contribution is 5.52. The molecule has 0 spiro atoms. The van der Waals surface area contributed by atoms with Gasteiger partial charge in [0.05, 0.1) is 6.61 Å². The first-order valence-corrected chi connectivity index (χ1v) is 3.27. The van der Waals surface area contributed by atoms with Crippen molar-refractivity contribution in [1.82, 2.24) is 0 Å². The van der Waals surface area contributed by atoms with Gasteiger partial charge in [0.15, 0.2) is 0 Å². The van der Waals surface area contributed by atoms with Crippen molar-refractivity contribution in [2.45, 2.75) is 13.0 Å². The van der Waals surface area contributed by atoms with Gasteiger partial charge in [-0.15, -0.1) is 6.58 Å². The lowest BCUT2D eigenvalue weighted by atomic mass is 10.4. The van der Waals surface area contributed by atoms with Gasteiger partial charge in [0.1, 0.15) is 6.10 Å². The summed E-state index contributed by atoms with van der Waals surface area (Å²) >= 11 is 0. The molecule has 4 nitrogen and oxygen atoms in total. The summed E-state index contributed by atoms with van der Waals surface area (Å²) in [6.07, 6.45) is 2.78. The summed E-state index contributed by atoms with van der Waals surface area (Å²) in [6.45, 7) is 5.65. The van der Waals surface area contributed by atoms with Crippen LogP contribution < -0.4 is 0 Å². The molecule has 0 rings (SSSR count). The Bertz CT molecular complexity index is 125. The van der Waals surface area contributed by atoms with Crippen molar-refractivity contribution in [2.75, 3.05) is 13.7 Å². The Hall–Kier alpha value is -0.870. The number of rotatable bonds is 6. The number of hydrogen-bond acceptors (Lipinski definition) is 4. The van der Waals surface area contributed by atoms with E-state index in [1.54, 1.807) is 20.1 Å². The minimum absolute atomic E-state index is 0.274. The largest absolute Gasteiger partial charge is 0.381 e. The predicted molar refractivity (Wildman–Crippen MR) is 42.2 cm³/mol. The van der Waals surface area contributed by atoms with Crippen LogP contribution in [0.3, 0.4) is 0 Å². The molecule has 0 aliphatic carbocycles. The lowest BCUT2D eigenvalue weighted by Gasteiger charge is -2.07. The Kier molecular flexibility index (Phi) is 6.67. The van der Waals surface area contributed by atoms with Crippen LogP contribution in [-0.2, 0) is 14.6 Å². The second-order valence-corrected chi connectivity index (χ2v) is 1.76. The maximum atomic E-state index is 4.80. The molecule has 0 unspecified atom stereocenters. The summed E-state index contributed by atoms with van der Waals surface area (Å²) in [5, 5.41) is 3.39. The van der Waals surface area contributed by atoms with Crippen LogP contribution in [0.1, 0.15) is 6.92 Å². The number of methoxy groups -OCH3 is 1. The van der Waals surface area contributed by atoms with Crippen LogP contribution in [0.2, 0.25) is 0 Å². The fraction of sp³-hybridized carbons (Fsp3) is 0.571. The van der Waals surface area contributed by atoms with Crippen molar-refractivity contribution < 1.29 is 14.6 Å². The molecule has 0 saturated carbocycles. The minimum Gasteiger partial charge on any atom is -0.381 e. The molecule has 0 aliphatic heterocycles. The van der Waals surface area contributed by atoms with Crippen molar-refractivity contribution in [2.24, 2.45) is 5.16 Å². The molecule has 0 saturated heterocycles. The fourth-order valence-corrected chi connectivity index (χ4v) is 0.423. The van der Waals surface area contributed by atoms with Gasteiger partial charge in [0.2, 0.25) is 0 Å². The minimum atomic E-state index is -0.274. The molecule has 0 bridgehead atoms. The van der Waals surface area contributed by atoms with Crippen LogP contribution in [0.5, 0.6) is 0 Å². The smallest absolute Gasteiger partial charge is 0.148 e. The maximum Gasteiger partial charge on any atom is 0.148 e. The number of nitrogens with zero attached hydrogens (tertiary/aromatic N) is 1. The summed E-state index contributed by atoms with van der Waals surface area (Å²) < 4.78 is 4.80. The molecule has 0 radical (unpaired) electrons. The third-order valence-corrected chi connectivity index (χ3v) is 0.909. The van der Waals surface area contributed by atoms with Crippen LogP contribution in [0.15, 0.2) is 17.8 Å². The Balaban J connectivity index is 3.43. The predicted octanol–water partition coefficient (Wildman–Crippen LogP) is 1.14. The summed E-state index contributed by atoms with van der Waals surface area (Å²) in [6, 6.07) is 0. The summed E-state index contributed by atoms with van der Waals surface area (Å²) in [4.78, 5) is 9.14. The van der Waals surface area contributed by atoms with Crippen LogP contribution in [-0.4, -0.2) is 26.0 Å². The molecule has 0 aromatic carbocycles. The summed E-state index contributed by atoms with van der Waals surface area (Å²) in [7, 11) is 1.57. The lowest BCUT2D eigenvalue weighted by molar-refractivity contribution is -0.319. The molecule has 0 N–H and O–H groups in total. The number of oxime groups is 1. The maximum absolute atomic E-state index is 4.80. The van der Waals surface area contributed by atoms with Crippen molar-refractivity contribution in [3.63, 3.8) is 0 Å². The van der Waals surface area contributed by atoms with Gasteiger partial charge in [0, 0.05) is 13.3 Å². The molecule has 0 aromatic heterocycles. The molecule has 0 heterocycles. The van der Waals surface area contributed by atoms with Gasteiger partial charge < -0.3 is 4.74 Å². The van der Waals surface area contributed by atoms with Crippen molar-refractivity contribution in [3.05, 3.63) is 12.7 Å². The standard InChI is InChI=1S/C7H13NO3/c1-4-7(6-9-3)10-11-8-5-2/h4-5,7H,1,6H2,2-3H3/t7-/m0/s1. The van der Waals surface area contributed by atoms with Crippen LogP contribution in [0.25, 0.3) is 0 Å². The lowest BCUT2D eigenvalue weighted by Crippen LogP contribution is -2.15. The topological polar surface area (TPSA) is 40.0 Å². The normalized spacial score (nSPS) is 13.3. The average Bonchev–Trinajstić information content (AvgIpc) is 2.03. The zero-order valence-electron chi connectivity index (χ0n) is 6.82. The molecular formula is C7H13NO3. The zero-order chi connectivity index (χ0) is 8.53. The molecule has 11 heavy (non-hydrogen) atoms. The Morgan fingerprint density at radius 1 is 1.64 bits per heavy atom. The zero-order valence-corrected chi connectivity index (χ0v) is 6.82. The summed E-state index contributed by atoms with van der Waals surface area (Å²) in [5.74, 6) is 0. The number of hydrogen-bond donors (Lipinski definition) is 0. The Morgan fingerprint density at radius 3 is 2.82 bits per heavy atom. The third-order valence-electron chi connectivity index (χ3n) is 0.909. The van der Waals surface area contributed by atoms with Crippen LogP contribution >= 0.6 is 0 Å². The monoisotopic (exact) mass is 159 g/mol. The molecule has 4 heteroatoms. The molecule has 0 amide bonds. The van der Waals surface area contributed by atoms with Gasteiger partial charge in [-0.3, -0.25) is 0 Å². The van der Waals surface area contributed by atoms with E-state index < -0.39 is 0 Å². The van der Waals surface area contributed by atoms with E-state index in [1.807, 2.05) is 0 Å². The molecule has 0 aromatic rings. The molecule has 64 valence electrons. The Labute approximate surface area is 66.4 Å². The highest BCUT2D eigenvalue weighted by atomic mass is 17.3. The molecule has 0 fully saturated rings. The van der Waals surface area contributed by atoms with E-state index in [1.165, 1.54) is 6.21 Å². The summed E-state index contributed by atoms with van der Waals surface area (Å²) in [5.41, 5.74) is 0. The fourth-order valence-electron chi connectivity index (χ4n) is 0.423. The molecule has 1 atom stereocenters. The van der Waals surface area contributed by atoms with Crippen LogP contribution in [0.4, 0.5) is 0 Å². The van der Waals surface area contributed by atoms with Gasteiger partial charge >= 0.3 is 0 Å².